The molecule has 0 aromatic rings. The molecule has 0 radical (unpaired) electrons. The molecule has 1 aliphatic rings. The molecule has 1 N–H and O–H groups in total. The number of esters is 1. The van der Waals surface area contributed by atoms with Crippen molar-refractivity contribution >= 4 is 5.97 Å². The summed E-state index contributed by atoms with van der Waals surface area (Å²) in [6.45, 7) is 7.07. The van der Waals surface area contributed by atoms with Crippen molar-refractivity contribution in [3.05, 3.63) is 0 Å². The second kappa shape index (κ2) is 5.67. The number of carbonyl (C=O) groups excluding carboxylic acids is 1. The standard InChI is InChI=1S/C13H25NO2/c1-5-13(6-2,12(15)16-4)9-14-10(3)11-7-8-11/h10-11,14H,5-9H2,1-4H3. The van der Waals surface area contributed by atoms with Crippen LogP contribution in [0.1, 0.15) is 46.5 Å². The zero-order valence-electron chi connectivity index (χ0n) is 11.0. The van der Waals surface area contributed by atoms with E-state index in [-0.39, 0.29) is 11.4 Å². The van der Waals surface area contributed by atoms with Gasteiger partial charge in [0.15, 0.2) is 0 Å². The fourth-order valence-corrected chi connectivity index (χ4v) is 2.20. The van der Waals surface area contributed by atoms with E-state index in [2.05, 4.69) is 26.1 Å². The van der Waals surface area contributed by atoms with Gasteiger partial charge in [-0.1, -0.05) is 13.8 Å². The van der Waals surface area contributed by atoms with E-state index in [9.17, 15) is 4.79 Å². The lowest BCUT2D eigenvalue weighted by Crippen LogP contribution is -2.44. The highest BCUT2D eigenvalue weighted by atomic mass is 16.5. The number of carbonyl (C=O) groups is 1. The third-order valence-corrected chi connectivity index (χ3v) is 4.06. The highest BCUT2D eigenvalue weighted by Crippen LogP contribution is 2.33. The Bertz CT molecular complexity index is 232. The van der Waals surface area contributed by atoms with Crippen LogP contribution >= 0.6 is 0 Å². The Labute approximate surface area is 98.9 Å². The molecule has 3 heteroatoms. The molecule has 1 atom stereocenters. The van der Waals surface area contributed by atoms with E-state index >= 15 is 0 Å². The monoisotopic (exact) mass is 227 g/mol. The van der Waals surface area contributed by atoms with Crippen LogP contribution < -0.4 is 5.32 Å². The molecule has 0 aromatic carbocycles. The normalized spacial score (nSPS) is 18.2. The van der Waals surface area contributed by atoms with Crippen LogP contribution in [0.3, 0.4) is 0 Å². The van der Waals surface area contributed by atoms with Crippen molar-refractivity contribution in [3.8, 4) is 0 Å². The van der Waals surface area contributed by atoms with Gasteiger partial charge in [0.2, 0.25) is 0 Å². The first-order valence-corrected chi connectivity index (χ1v) is 6.41. The summed E-state index contributed by atoms with van der Waals surface area (Å²) in [7, 11) is 1.48. The molecule has 1 fully saturated rings. The smallest absolute Gasteiger partial charge is 0.313 e. The quantitative estimate of drug-likeness (QED) is 0.678. The van der Waals surface area contributed by atoms with Crippen LogP contribution in [-0.2, 0) is 9.53 Å². The summed E-state index contributed by atoms with van der Waals surface area (Å²) in [5.74, 6) is 0.747. The van der Waals surface area contributed by atoms with Crippen molar-refractivity contribution in [2.75, 3.05) is 13.7 Å². The molecule has 0 aliphatic heterocycles. The van der Waals surface area contributed by atoms with E-state index in [0.717, 1.165) is 25.3 Å². The van der Waals surface area contributed by atoms with Crippen LogP contribution in [0.15, 0.2) is 0 Å². The van der Waals surface area contributed by atoms with Crippen molar-refractivity contribution < 1.29 is 9.53 Å². The number of methoxy groups -OCH3 is 1. The topological polar surface area (TPSA) is 38.3 Å². The highest BCUT2D eigenvalue weighted by molar-refractivity contribution is 5.76. The fourth-order valence-electron chi connectivity index (χ4n) is 2.20. The fraction of sp³-hybridized carbons (Fsp3) is 0.923. The van der Waals surface area contributed by atoms with E-state index in [0.29, 0.717) is 6.04 Å². The molecule has 0 amide bonds. The van der Waals surface area contributed by atoms with Gasteiger partial charge in [-0.15, -0.1) is 0 Å². The van der Waals surface area contributed by atoms with Gasteiger partial charge in [0.1, 0.15) is 0 Å². The Morgan fingerprint density at radius 3 is 2.38 bits per heavy atom. The van der Waals surface area contributed by atoms with Crippen molar-refractivity contribution in [1.82, 2.24) is 5.32 Å². The molecule has 1 saturated carbocycles. The molecule has 0 spiro atoms. The minimum Gasteiger partial charge on any atom is -0.469 e. The van der Waals surface area contributed by atoms with Crippen LogP contribution in [-0.4, -0.2) is 25.7 Å². The van der Waals surface area contributed by atoms with Gasteiger partial charge in [-0.3, -0.25) is 4.79 Å². The van der Waals surface area contributed by atoms with Gasteiger partial charge in [-0.25, -0.2) is 0 Å². The zero-order valence-corrected chi connectivity index (χ0v) is 11.0. The lowest BCUT2D eigenvalue weighted by molar-refractivity contribution is -0.153. The van der Waals surface area contributed by atoms with Crippen molar-refractivity contribution in [2.24, 2.45) is 11.3 Å². The Morgan fingerprint density at radius 2 is 2.00 bits per heavy atom. The van der Waals surface area contributed by atoms with Crippen LogP contribution in [0.2, 0.25) is 0 Å². The number of hydrogen-bond acceptors (Lipinski definition) is 3. The molecule has 1 rings (SSSR count). The summed E-state index contributed by atoms with van der Waals surface area (Å²) in [6, 6.07) is 0.530. The molecule has 16 heavy (non-hydrogen) atoms. The maximum absolute atomic E-state index is 11.8. The first-order valence-electron chi connectivity index (χ1n) is 6.41. The lowest BCUT2D eigenvalue weighted by atomic mass is 9.82. The summed E-state index contributed by atoms with van der Waals surface area (Å²) in [4.78, 5) is 11.8. The van der Waals surface area contributed by atoms with Crippen molar-refractivity contribution in [1.29, 1.82) is 0 Å². The molecular formula is C13H25NO2. The molecule has 1 unspecified atom stereocenters. The summed E-state index contributed by atoms with van der Waals surface area (Å²) in [6.07, 6.45) is 4.33. The first-order chi connectivity index (χ1) is 7.59. The van der Waals surface area contributed by atoms with Gasteiger partial charge in [-0.05, 0) is 38.5 Å². The van der Waals surface area contributed by atoms with Crippen molar-refractivity contribution in [3.63, 3.8) is 0 Å². The van der Waals surface area contributed by atoms with Crippen LogP contribution in [0.5, 0.6) is 0 Å². The van der Waals surface area contributed by atoms with Gasteiger partial charge in [0, 0.05) is 12.6 Å². The van der Waals surface area contributed by atoms with Crippen molar-refractivity contribution in [2.45, 2.75) is 52.5 Å². The third kappa shape index (κ3) is 2.97. The molecule has 0 aromatic heterocycles. The van der Waals surface area contributed by atoms with Gasteiger partial charge < -0.3 is 10.1 Å². The lowest BCUT2D eigenvalue weighted by Gasteiger charge is -2.30. The van der Waals surface area contributed by atoms with E-state index in [1.54, 1.807) is 0 Å². The van der Waals surface area contributed by atoms with Crippen LogP contribution in [0.25, 0.3) is 0 Å². The van der Waals surface area contributed by atoms with E-state index in [1.165, 1.54) is 20.0 Å². The SMILES string of the molecule is CCC(CC)(CNC(C)C1CC1)C(=O)OC. The van der Waals surface area contributed by atoms with Crippen LogP contribution in [0, 0.1) is 11.3 Å². The average Bonchev–Trinajstić information content (AvgIpc) is 3.14. The molecule has 0 saturated heterocycles. The second-order valence-corrected chi connectivity index (χ2v) is 4.99. The summed E-state index contributed by atoms with van der Waals surface area (Å²) in [5.41, 5.74) is -0.335. The highest BCUT2D eigenvalue weighted by Gasteiger charge is 2.37. The maximum Gasteiger partial charge on any atom is 0.313 e. The van der Waals surface area contributed by atoms with Gasteiger partial charge in [-0.2, -0.15) is 0 Å². The second-order valence-electron chi connectivity index (χ2n) is 4.99. The van der Waals surface area contributed by atoms with Gasteiger partial charge >= 0.3 is 5.97 Å². The molecule has 3 nitrogen and oxygen atoms in total. The Hall–Kier alpha value is -0.570. The Kier molecular flexibility index (Phi) is 4.78. The molecule has 1 aliphatic carbocycles. The number of hydrogen-bond donors (Lipinski definition) is 1. The number of nitrogens with one attached hydrogen (secondary N) is 1. The first kappa shape index (κ1) is 13.5. The Morgan fingerprint density at radius 1 is 1.44 bits per heavy atom. The summed E-state index contributed by atoms with van der Waals surface area (Å²) >= 11 is 0. The largest absolute Gasteiger partial charge is 0.469 e. The van der Waals surface area contributed by atoms with Crippen LogP contribution in [0.4, 0.5) is 0 Å². The minimum absolute atomic E-state index is 0.0759. The van der Waals surface area contributed by atoms with E-state index < -0.39 is 0 Å². The molecular weight excluding hydrogens is 202 g/mol. The van der Waals surface area contributed by atoms with Gasteiger partial charge in [0.05, 0.1) is 12.5 Å². The third-order valence-electron chi connectivity index (χ3n) is 4.06. The van der Waals surface area contributed by atoms with E-state index in [1.807, 2.05) is 0 Å². The number of rotatable bonds is 7. The summed E-state index contributed by atoms with van der Waals surface area (Å²) < 4.78 is 4.93. The minimum atomic E-state index is -0.335. The molecule has 0 heterocycles. The maximum atomic E-state index is 11.8. The van der Waals surface area contributed by atoms with Gasteiger partial charge in [0.25, 0.3) is 0 Å². The summed E-state index contributed by atoms with van der Waals surface area (Å²) in [5, 5.41) is 3.50. The Balaban J connectivity index is 2.51. The zero-order chi connectivity index (χ0) is 12.2. The number of ether oxygens (including phenoxy) is 1. The average molecular weight is 227 g/mol. The van der Waals surface area contributed by atoms with E-state index in [4.69, 9.17) is 4.74 Å². The molecule has 94 valence electrons. The predicted molar refractivity (Wildman–Crippen MR) is 65.2 cm³/mol. The molecule has 0 bridgehead atoms. The predicted octanol–water partition coefficient (Wildman–Crippen LogP) is 2.35.